The molecule has 0 aromatic rings. The van der Waals surface area contributed by atoms with E-state index in [1.807, 2.05) is 6.92 Å². The summed E-state index contributed by atoms with van der Waals surface area (Å²) in [6, 6.07) is 0. The van der Waals surface area contributed by atoms with Gasteiger partial charge in [-0.1, -0.05) is 26.2 Å². The Labute approximate surface area is 118 Å². The van der Waals surface area contributed by atoms with Gasteiger partial charge in [0.05, 0.1) is 10.1 Å². The Morgan fingerprint density at radius 2 is 1.50 bits per heavy atom. The van der Waals surface area contributed by atoms with Crippen LogP contribution in [0.3, 0.4) is 0 Å². The van der Waals surface area contributed by atoms with Gasteiger partial charge in [-0.3, -0.25) is 0 Å². The zero-order valence-electron chi connectivity index (χ0n) is 9.37. The molecule has 16 heavy (non-hydrogen) atoms. The van der Waals surface area contributed by atoms with E-state index >= 15 is 0 Å². The van der Waals surface area contributed by atoms with Crippen molar-refractivity contribution in [1.29, 1.82) is 0 Å². The standard InChI is InChI=1S/C6H14O3S.Na.H3O4P/c1-2-3-4-5-6-10(7,8)9;;1-5(2,3)4/h2-6H2,1H3,(H,7,8,9);;(H3,1,2,3,4)/q;+1;/p-1. The van der Waals surface area contributed by atoms with Gasteiger partial charge in [0.2, 0.25) is 0 Å². The molecule has 0 fully saturated rings. The van der Waals surface area contributed by atoms with Crippen molar-refractivity contribution in [3.8, 4) is 0 Å². The Balaban J connectivity index is -0.000000242. The van der Waals surface area contributed by atoms with Crippen LogP contribution < -0.4 is 29.6 Å². The maximum atomic E-state index is 10.0. The van der Waals surface area contributed by atoms with Crippen LogP contribution in [0.15, 0.2) is 0 Å². The normalized spacial score (nSPS) is 11.1. The smallest absolute Gasteiger partial charge is 0.748 e. The number of unbranched alkanes of at least 4 members (excludes halogenated alkanes) is 3. The van der Waals surface area contributed by atoms with E-state index in [9.17, 15) is 13.0 Å². The summed E-state index contributed by atoms with van der Waals surface area (Å²) in [5, 5.41) is 0. The molecule has 0 unspecified atom stereocenters. The molecule has 0 heterocycles. The summed E-state index contributed by atoms with van der Waals surface area (Å²) in [4.78, 5) is 21.6. The van der Waals surface area contributed by atoms with Crippen LogP contribution in [0.2, 0.25) is 0 Å². The third-order valence-corrected chi connectivity index (χ3v) is 2.04. The first kappa shape index (κ1) is 22.2. The summed E-state index contributed by atoms with van der Waals surface area (Å²) >= 11 is 0. The topological polar surface area (TPSA) is 135 Å². The fourth-order valence-corrected chi connectivity index (χ4v) is 1.26. The molecular formula is C6H16NaO7PS. The molecular weight excluding hydrogens is 270 g/mol. The fourth-order valence-electron chi connectivity index (χ4n) is 0.706. The predicted octanol–water partition coefficient (Wildman–Crippen LogP) is -2.81. The summed E-state index contributed by atoms with van der Waals surface area (Å²) in [7, 11) is -8.59. The van der Waals surface area contributed by atoms with Crippen LogP contribution in [0, 0.1) is 0 Å². The Morgan fingerprint density at radius 1 is 1.12 bits per heavy atom. The molecule has 0 bridgehead atoms. The molecule has 0 saturated carbocycles. The van der Waals surface area contributed by atoms with E-state index in [1.165, 1.54) is 0 Å². The Bertz CT molecular complexity index is 277. The first-order valence-corrected chi connectivity index (χ1v) is 7.42. The predicted molar refractivity (Wildman–Crippen MR) is 53.0 cm³/mol. The minimum absolute atomic E-state index is 0. The van der Waals surface area contributed by atoms with E-state index in [4.69, 9.17) is 19.2 Å². The monoisotopic (exact) mass is 286 g/mol. The molecule has 10 heteroatoms. The number of phosphoric acid groups is 1. The first-order valence-electron chi connectivity index (χ1n) is 4.28. The molecule has 0 saturated heterocycles. The van der Waals surface area contributed by atoms with Gasteiger partial charge < -0.3 is 19.2 Å². The Morgan fingerprint density at radius 3 is 1.75 bits per heavy atom. The number of hydrogen-bond acceptors (Lipinski definition) is 4. The van der Waals surface area contributed by atoms with Crippen molar-refractivity contribution in [2.75, 3.05) is 5.75 Å². The van der Waals surface area contributed by atoms with Gasteiger partial charge in [-0.2, -0.15) is 0 Å². The van der Waals surface area contributed by atoms with Crippen LogP contribution in [0.5, 0.6) is 0 Å². The van der Waals surface area contributed by atoms with Crippen molar-refractivity contribution >= 4 is 17.9 Å². The molecule has 0 radical (unpaired) electrons. The van der Waals surface area contributed by atoms with Gasteiger partial charge in [-0.05, 0) is 6.42 Å². The first-order chi connectivity index (χ1) is 6.56. The Kier molecular flexibility index (Phi) is 15.5. The SMILES string of the molecule is CCCCCCS(=O)(=O)[O-].O=P(O)(O)O.[Na+]. The van der Waals surface area contributed by atoms with Crippen LogP contribution in [0.25, 0.3) is 0 Å². The third-order valence-electron chi connectivity index (χ3n) is 1.25. The van der Waals surface area contributed by atoms with Gasteiger partial charge >= 0.3 is 37.4 Å². The average Bonchev–Trinajstić information content (AvgIpc) is 1.93. The van der Waals surface area contributed by atoms with Crippen molar-refractivity contribution in [3.05, 3.63) is 0 Å². The molecule has 0 aliphatic heterocycles. The molecule has 0 spiro atoms. The van der Waals surface area contributed by atoms with E-state index in [-0.39, 0.29) is 35.3 Å². The molecule has 0 aliphatic carbocycles. The minimum Gasteiger partial charge on any atom is -0.748 e. The van der Waals surface area contributed by atoms with Gasteiger partial charge in [-0.25, -0.2) is 13.0 Å². The van der Waals surface area contributed by atoms with Crippen LogP contribution >= 0.6 is 7.82 Å². The van der Waals surface area contributed by atoms with Gasteiger partial charge in [0, 0.05) is 5.75 Å². The van der Waals surface area contributed by atoms with Crippen molar-refractivity contribution in [1.82, 2.24) is 0 Å². The van der Waals surface area contributed by atoms with Gasteiger partial charge in [0.1, 0.15) is 0 Å². The second-order valence-corrected chi connectivity index (χ2v) is 5.39. The number of rotatable bonds is 5. The van der Waals surface area contributed by atoms with Gasteiger partial charge in [0.15, 0.2) is 0 Å². The van der Waals surface area contributed by atoms with E-state index in [0.29, 0.717) is 6.42 Å². The largest absolute Gasteiger partial charge is 1.00 e. The third kappa shape index (κ3) is 45.9. The second-order valence-electron chi connectivity index (χ2n) is 2.84. The van der Waals surface area contributed by atoms with Crippen LogP contribution in [0.4, 0.5) is 0 Å². The summed E-state index contributed by atoms with van der Waals surface area (Å²) in [6.07, 6.45) is 3.42. The summed E-state index contributed by atoms with van der Waals surface area (Å²) in [5.41, 5.74) is 0. The summed E-state index contributed by atoms with van der Waals surface area (Å²) < 4.78 is 39.0. The maximum Gasteiger partial charge on any atom is 1.00 e. The van der Waals surface area contributed by atoms with Crippen LogP contribution in [-0.2, 0) is 14.7 Å². The molecule has 0 atom stereocenters. The molecule has 0 aliphatic rings. The van der Waals surface area contributed by atoms with Crippen molar-refractivity contribution in [2.45, 2.75) is 32.6 Å². The van der Waals surface area contributed by atoms with E-state index < -0.39 is 17.9 Å². The minimum atomic E-state index is -4.64. The van der Waals surface area contributed by atoms with E-state index in [2.05, 4.69) is 0 Å². The van der Waals surface area contributed by atoms with Gasteiger partial charge in [0.25, 0.3) is 0 Å². The molecule has 0 amide bonds. The van der Waals surface area contributed by atoms with E-state index in [0.717, 1.165) is 19.3 Å². The van der Waals surface area contributed by atoms with Crippen molar-refractivity contribution in [2.24, 2.45) is 0 Å². The molecule has 0 rings (SSSR count). The zero-order valence-corrected chi connectivity index (χ0v) is 13.1. The fraction of sp³-hybridized carbons (Fsp3) is 1.00. The number of hydrogen-bond donors (Lipinski definition) is 3. The molecule has 3 N–H and O–H groups in total. The summed E-state index contributed by atoms with van der Waals surface area (Å²) in [5.74, 6) is -0.201. The van der Waals surface area contributed by atoms with Crippen molar-refractivity contribution in [3.63, 3.8) is 0 Å². The zero-order chi connectivity index (χ0) is 12.5. The molecule has 0 aromatic carbocycles. The maximum absolute atomic E-state index is 10.0. The molecule has 94 valence electrons. The van der Waals surface area contributed by atoms with Crippen LogP contribution in [0.1, 0.15) is 32.6 Å². The summed E-state index contributed by atoms with van der Waals surface area (Å²) in [6.45, 7) is 2.03. The quantitative estimate of drug-likeness (QED) is 0.215. The molecule has 0 aromatic heterocycles. The van der Waals surface area contributed by atoms with Gasteiger partial charge in [-0.15, -0.1) is 0 Å². The van der Waals surface area contributed by atoms with E-state index in [1.54, 1.807) is 0 Å². The molecule has 7 nitrogen and oxygen atoms in total. The Hall–Kier alpha value is 1.02. The average molecular weight is 286 g/mol. The second kappa shape index (κ2) is 11.1. The van der Waals surface area contributed by atoms with Crippen LogP contribution in [-0.4, -0.2) is 33.4 Å². The van der Waals surface area contributed by atoms with Crippen molar-refractivity contribution < 1.29 is 61.8 Å².